The highest BCUT2D eigenvalue weighted by molar-refractivity contribution is 5.64. The van der Waals surface area contributed by atoms with Crippen LogP contribution in [0.5, 0.6) is 0 Å². The van der Waals surface area contributed by atoms with Crippen molar-refractivity contribution in [3.05, 3.63) is 47.5 Å². The van der Waals surface area contributed by atoms with Crippen LogP contribution in [0.1, 0.15) is 62.5 Å². The second-order valence-corrected chi connectivity index (χ2v) is 6.36. The summed E-state index contributed by atoms with van der Waals surface area (Å²) in [7, 11) is 1.83. The van der Waals surface area contributed by atoms with Gasteiger partial charge < -0.3 is 4.74 Å². The van der Waals surface area contributed by atoms with Crippen molar-refractivity contribution in [2.24, 2.45) is 0 Å². The molecular formula is C20H28O2. The van der Waals surface area contributed by atoms with E-state index < -0.39 is 0 Å². The number of rotatable bonds is 7. The van der Waals surface area contributed by atoms with Gasteiger partial charge in [0.2, 0.25) is 0 Å². The molecule has 1 aromatic rings. The molecule has 1 fully saturated rings. The van der Waals surface area contributed by atoms with E-state index in [1.165, 1.54) is 24.0 Å². The molecule has 0 spiro atoms. The Morgan fingerprint density at radius 2 is 1.91 bits per heavy atom. The van der Waals surface area contributed by atoms with Crippen LogP contribution >= 0.6 is 0 Å². The number of carbonyl (C=O) groups excluding carboxylic acids is 1. The third kappa shape index (κ3) is 4.30. The molecule has 0 aromatic heterocycles. The van der Waals surface area contributed by atoms with Crippen LogP contribution in [-0.2, 0) is 16.0 Å². The van der Waals surface area contributed by atoms with Crippen molar-refractivity contribution >= 4 is 6.29 Å². The van der Waals surface area contributed by atoms with Crippen LogP contribution in [-0.4, -0.2) is 19.0 Å². The zero-order valence-corrected chi connectivity index (χ0v) is 13.9. The van der Waals surface area contributed by atoms with E-state index in [0.29, 0.717) is 5.92 Å². The third-order valence-electron chi connectivity index (χ3n) is 5.17. The van der Waals surface area contributed by atoms with Gasteiger partial charge in [0.05, 0.1) is 5.60 Å². The summed E-state index contributed by atoms with van der Waals surface area (Å²) in [5.41, 5.74) is 2.89. The van der Waals surface area contributed by atoms with Gasteiger partial charge >= 0.3 is 0 Å². The monoisotopic (exact) mass is 300 g/mol. The van der Waals surface area contributed by atoms with Gasteiger partial charge in [-0.15, -0.1) is 0 Å². The summed E-state index contributed by atoms with van der Waals surface area (Å²) in [4.78, 5) is 10.3. The minimum atomic E-state index is 0.00703. The fraction of sp³-hybridized carbons (Fsp3) is 0.550. The van der Waals surface area contributed by atoms with Crippen molar-refractivity contribution in [1.29, 1.82) is 0 Å². The van der Waals surface area contributed by atoms with Gasteiger partial charge in [0, 0.05) is 7.11 Å². The highest BCUT2D eigenvalue weighted by Gasteiger charge is 2.34. The maximum atomic E-state index is 10.3. The predicted octanol–water partition coefficient (Wildman–Crippen LogP) is 4.83. The van der Waals surface area contributed by atoms with E-state index in [1.807, 2.05) is 13.2 Å². The highest BCUT2D eigenvalue weighted by Crippen LogP contribution is 2.42. The Balaban J connectivity index is 1.91. The first-order valence-corrected chi connectivity index (χ1v) is 8.47. The quantitative estimate of drug-likeness (QED) is 0.532. The normalized spacial score (nSPS) is 25.5. The molecular weight excluding hydrogens is 272 g/mol. The van der Waals surface area contributed by atoms with E-state index >= 15 is 0 Å². The number of allylic oxidation sites excluding steroid dienone is 2. The molecule has 0 amide bonds. The van der Waals surface area contributed by atoms with Gasteiger partial charge in [-0.25, -0.2) is 0 Å². The largest absolute Gasteiger partial charge is 0.378 e. The second-order valence-electron chi connectivity index (χ2n) is 6.36. The van der Waals surface area contributed by atoms with Gasteiger partial charge in [0.15, 0.2) is 0 Å². The first-order chi connectivity index (χ1) is 10.7. The molecule has 1 saturated carbocycles. The van der Waals surface area contributed by atoms with Crippen LogP contribution in [0.3, 0.4) is 0 Å². The zero-order valence-electron chi connectivity index (χ0n) is 13.9. The predicted molar refractivity (Wildman–Crippen MR) is 91.2 cm³/mol. The van der Waals surface area contributed by atoms with E-state index in [1.54, 1.807) is 6.08 Å². The minimum absolute atomic E-state index is 0.00703. The van der Waals surface area contributed by atoms with Crippen molar-refractivity contribution in [2.75, 3.05) is 7.11 Å². The molecule has 0 N–H and O–H groups in total. The summed E-state index contributed by atoms with van der Waals surface area (Å²) in [6.07, 6.45) is 12.0. The van der Waals surface area contributed by atoms with Crippen LogP contribution in [0, 0.1) is 0 Å². The van der Waals surface area contributed by atoms with Crippen LogP contribution < -0.4 is 0 Å². The molecule has 0 unspecified atom stereocenters. The van der Waals surface area contributed by atoms with Gasteiger partial charge in [0.1, 0.15) is 6.29 Å². The summed E-state index contributed by atoms with van der Waals surface area (Å²) < 4.78 is 5.86. The molecule has 22 heavy (non-hydrogen) atoms. The maximum Gasteiger partial charge on any atom is 0.142 e. The first kappa shape index (κ1) is 17.0. The van der Waals surface area contributed by atoms with E-state index in [9.17, 15) is 4.79 Å². The lowest BCUT2D eigenvalue weighted by molar-refractivity contribution is -0.104. The van der Waals surface area contributed by atoms with Crippen molar-refractivity contribution in [1.82, 2.24) is 0 Å². The Bertz CT molecular complexity index is 479. The molecule has 120 valence electrons. The second kappa shape index (κ2) is 8.28. The topological polar surface area (TPSA) is 26.3 Å². The number of carbonyl (C=O) groups is 1. The summed E-state index contributed by atoms with van der Waals surface area (Å²) in [5, 5.41) is 0. The lowest BCUT2D eigenvalue weighted by Gasteiger charge is -2.39. The van der Waals surface area contributed by atoms with Gasteiger partial charge in [-0.2, -0.15) is 0 Å². The van der Waals surface area contributed by atoms with Crippen molar-refractivity contribution in [2.45, 2.75) is 63.4 Å². The molecule has 1 aromatic carbocycles. The smallest absolute Gasteiger partial charge is 0.142 e. The molecule has 1 aliphatic carbocycles. The average molecular weight is 300 g/mol. The number of aryl methyl sites for hydroxylation is 1. The lowest BCUT2D eigenvalue weighted by Crippen LogP contribution is -2.35. The van der Waals surface area contributed by atoms with Crippen LogP contribution in [0.4, 0.5) is 0 Å². The van der Waals surface area contributed by atoms with E-state index in [-0.39, 0.29) is 5.60 Å². The molecule has 1 aliphatic rings. The minimum Gasteiger partial charge on any atom is -0.378 e. The summed E-state index contributed by atoms with van der Waals surface area (Å²) in [5.74, 6) is 0.666. The molecule has 2 rings (SSSR count). The molecule has 0 saturated heterocycles. The Kier molecular flexibility index (Phi) is 6.38. The Labute approximate surface area is 134 Å². The fourth-order valence-electron chi connectivity index (χ4n) is 3.56. The number of benzene rings is 1. The SMILES string of the molecule is CCc1ccc([C@H]2CC[C@@](CCC=CC=O)(OC)CC2)cc1. The number of methoxy groups -OCH3 is 1. The Morgan fingerprint density at radius 3 is 2.45 bits per heavy atom. The van der Waals surface area contributed by atoms with E-state index in [4.69, 9.17) is 4.74 Å². The van der Waals surface area contributed by atoms with Crippen LogP contribution in [0.25, 0.3) is 0 Å². The summed E-state index contributed by atoms with van der Waals surface area (Å²) in [6.45, 7) is 2.20. The maximum absolute atomic E-state index is 10.3. The third-order valence-corrected chi connectivity index (χ3v) is 5.17. The number of hydrogen-bond donors (Lipinski definition) is 0. The molecule has 0 atom stereocenters. The molecule has 2 nitrogen and oxygen atoms in total. The van der Waals surface area contributed by atoms with E-state index in [2.05, 4.69) is 31.2 Å². The summed E-state index contributed by atoms with van der Waals surface area (Å²) in [6, 6.07) is 9.13. The fourth-order valence-corrected chi connectivity index (χ4v) is 3.56. The molecule has 0 radical (unpaired) electrons. The Hall–Kier alpha value is -1.41. The van der Waals surface area contributed by atoms with Crippen molar-refractivity contribution < 1.29 is 9.53 Å². The number of ether oxygens (including phenoxy) is 1. The van der Waals surface area contributed by atoms with Crippen LogP contribution in [0.2, 0.25) is 0 Å². The highest BCUT2D eigenvalue weighted by atomic mass is 16.5. The number of aldehydes is 1. The number of hydrogen-bond acceptors (Lipinski definition) is 2. The summed E-state index contributed by atoms with van der Waals surface area (Å²) >= 11 is 0. The molecule has 0 aliphatic heterocycles. The zero-order chi connectivity index (χ0) is 15.8. The molecule has 0 heterocycles. The average Bonchev–Trinajstić information content (AvgIpc) is 2.59. The van der Waals surface area contributed by atoms with Crippen LogP contribution in [0.15, 0.2) is 36.4 Å². The van der Waals surface area contributed by atoms with Gasteiger partial charge in [-0.3, -0.25) is 4.79 Å². The van der Waals surface area contributed by atoms with Gasteiger partial charge in [-0.05, 0) is 68.1 Å². The van der Waals surface area contributed by atoms with Crippen molar-refractivity contribution in [3.63, 3.8) is 0 Å². The van der Waals surface area contributed by atoms with Gasteiger partial charge in [0.25, 0.3) is 0 Å². The van der Waals surface area contributed by atoms with E-state index in [0.717, 1.165) is 38.4 Å². The molecule has 2 heteroatoms. The van der Waals surface area contributed by atoms with Gasteiger partial charge in [-0.1, -0.05) is 37.3 Å². The van der Waals surface area contributed by atoms with Crippen molar-refractivity contribution in [3.8, 4) is 0 Å². The molecule has 0 bridgehead atoms. The first-order valence-electron chi connectivity index (χ1n) is 8.47. The Morgan fingerprint density at radius 1 is 1.23 bits per heavy atom. The standard InChI is InChI=1S/C20H28O2/c1-3-17-7-9-18(10-8-17)19-11-14-20(22-2,15-12-19)13-5-4-6-16-21/h4,6-10,16,19H,3,5,11-15H2,1-2H3/t19-,20+. The lowest BCUT2D eigenvalue weighted by atomic mass is 9.74.